The molecule has 0 bridgehead atoms. The highest BCUT2D eigenvalue weighted by atomic mass is 32.2. The van der Waals surface area contributed by atoms with Gasteiger partial charge in [-0.15, -0.1) is 26.3 Å². The van der Waals surface area contributed by atoms with Crippen molar-refractivity contribution in [3.63, 3.8) is 0 Å². The van der Waals surface area contributed by atoms with Gasteiger partial charge in [-0.3, -0.25) is 9.44 Å². The van der Waals surface area contributed by atoms with E-state index in [0.29, 0.717) is 11.1 Å². The Morgan fingerprint density at radius 1 is 0.581 bits per heavy atom. The Balaban J connectivity index is 1.70. The molecular weight excluding hydrogens is 626 g/mol. The van der Waals surface area contributed by atoms with Crippen LogP contribution in [0.1, 0.15) is 5.56 Å². The second-order valence-corrected chi connectivity index (χ2v) is 12.2. The normalized spacial score (nSPS) is 12.4. The van der Waals surface area contributed by atoms with Crippen molar-refractivity contribution in [1.82, 2.24) is 0 Å². The maximum atomic E-state index is 13.2. The molecule has 0 saturated heterocycles. The van der Waals surface area contributed by atoms with E-state index >= 15 is 0 Å². The van der Waals surface area contributed by atoms with Gasteiger partial charge in [0, 0.05) is 0 Å². The molecule has 8 nitrogen and oxygen atoms in total. The Labute approximate surface area is 242 Å². The summed E-state index contributed by atoms with van der Waals surface area (Å²) < 4.78 is 139. The van der Waals surface area contributed by atoms with Crippen molar-refractivity contribution in [2.75, 3.05) is 9.44 Å². The minimum absolute atomic E-state index is 0.253. The zero-order chi connectivity index (χ0) is 31.6. The second-order valence-electron chi connectivity index (χ2n) is 8.82. The third-order valence-corrected chi connectivity index (χ3v) is 8.46. The lowest BCUT2D eigenvalue weighted by Crippen LogP contribution is -2.19. The number of hydrogen-bond acceptors (Lipinski definition) is 6. The van der Waals surface area contributed by atoms with Gasteiger partial charge in [-0.1, -0.05) is 30.3 Å². The van der Waals surface area contributed by atoms with Gasteiger partial charge in [-0.05, 0) is 84.3 Å². The summed E-state index contributed by atoms with van der Waals surface area (Å²) in [5, 5.41) is 0. The third kappa shape index (κ3) is 8.32. The molecule has 4 aromatic carbocycles. The minimum atomic E-state index is -4.99. The van der Waals surface area contributed by atoms with E-state index in [0.717, 1.165) is 54.1 Å². The molecule has 0 saturated carbocycles. The number of ether oxygens (including phenoxy) is 2. The van der Waals surface area contributed by atoms with Gasteiger partial charge in [0.1, 0.15) is 11.5 Å². The SMILES string of the molecule is Cc1ccccc1-c1ccc(NS(=O)(=O)c2ccc(OC(F)(F)F)cc2)c(NS(=O)(=O)c2ccc(OC(F)(F)F)cc2)c1. The number of alkyl halides is 6. The van der Waals surface area contributed by atoms with E-state index < -0.39 is 54.1 Å². The number of rotatable bonds is 9. The van der Waals surface area contributed by atoms with Crippen LogP contribution in [0.4, 0.5) is 37.7 Å². The zero-order valence-electron chi connectivity index (χ0n) is 21.7. The van der Waals surface area contributed by atoms with Crippen molar-refractivity contribution in [3.05, 3.63) is 96.6 Å². The van der Waals surface area contributed by atoms with Crippen LogP contribution in [0.3, 0.4) is 0 Å². The van der Waals surface area contributed by atoms with Crippen molar-refractivity contribution in [2.45, 2.75) is 29.4 Å². The molecule has 0 heterocycles. The van der Waals surface area contributed by atoms with Gasteiger partial charge in [0.25, 0.3) is 20.0 Å². The van der Waals surface area contributed by atoms with E-state index in [4.69, 9.17) is 0 Å². The molecule has 0 aliphatic rings. The van der Waals surface area contributed by atoms with Gasteiger partial charge in [-0.2, -0.15) is 0 Å². The lowest BCUT2D eigenvalue weighted by molar-refractivity contribution is -0.275. The molecule has 0 aliphatic heterocycles. The van der Waals surface area contributed by atoms with Crippen LogP contribution in [0, 0.1) is 6.92 Å². The van der Waals surface area contributed by atoms with E-state index in [2.05, 4.69) is 18.9 Å². The van der Waals surface area contributed by atoms with Crippen molar-refractivity contribution in [1.29, 1.82) is 0 Å². The van der Waals surface area contributed by atoms with Gasteiger partial charge >= 0.3 is 12.7 Å². The first-order valence-corrected chi connectivity index (χ1v) is 14.9. The van der Waals surface area contributed by atoms with Crippen LogP contribution in [0.5, 0.6) is 11.5 Å². The molecular formula is C27H20F6N2O6S2. The van der Waals surface area contributed by atoms with Crippen molar-refractivity contribution in [2.24, 2.45) is 0 Å². The largest absolute Gasteiger partial charge is 0.573 e. The molecule has 0 fully saturated rings. The molecule has 2 N–H and O–H groups in total. The van der Waals surface area contributed by atoms with Gasteiger partial charge in [0.05, 0.1) is 21.2 Å². The van der Waals surface area contributed by atoms with Crippen LogP contribution in [0.25, 0.3) is 11.1 Å². The number of aryl methyl sites for hydroxylation is 1. The first kappa shape index (κ1) is 31.5. The number of halogens is 6. The van der Waals surface area contributed by atoms with Crippen molar-refractivity contribution in [3.8, 4) is 22.6 Å². The third-order valence-electron chi connectivity index (χ3n) is 5.70. The molecule has 0 amide bonds. The van der Waals surface area contributed by atoms with Crippen LogP contribution in [0.2, 0.25) is 0 Å². The van der Waals surface area contributed by atoms with Crippen LogP contribution in [0.15, 0.2) is 101 Å². The Morgan fingerprint density at radius 2 is 1.02 bits per heavy atom. The first-order valence-electron chi connectivity index (χ1n) is 11.9. The van der Waals surface area contributed by atoms with E-state index in [-0.39, 0.29) is 11.4 Å². The van der Waals surface area contributed by atoms with Gasteiger partial charge in [-0.25, -0.2) is 16.8 Å². The van der Waals surface area contributed by atoms with E-state index in [1.807, 2.05) is 0 Å². The molecule has 0 radical (unpaired) electrons. The Hall–Kier alpha value is -4.44. The predicted octanol–water partition coefficient (Wildman–Crippen LogP) is 7.06. The maximum absolute atomic E-state index is 13.2. The molecule has 228 valence electrons. The van der Waals surface area contributed by atoms with Gasteiger partial charge < -0.3 is 9.47 Å². The summed E-state index contributed by atoms with van der Waals surface area (Å²) in [5.41, 5.74) is 1.48. The minimum Gasteiger partial charge on any atom is -0.406 e. The molecule has 16 heteroatoms. The fraction of sp³-hybridized carbons (Fsp3) is 0.111. The Morgan fingerprint density at radius 3 is 1.47 bits per heavy atom. The highest BCUT2D eigenvalue weighted by Gasteiger charge is 2.32. The molecule has 0 unspecified atom stereocenters. The molecule has 0 aromatic heterocycles. The Kier molecular flexibility index (Phi) is 8.56. The quantitative estimate of drug-likeness (QED) is 0.189. The summed E-state index contributed by atoms with van der Waals surface area (Å²) in [4.78, 5) is -0.920. The summed E-state index contributed by atoms with van der Waals surface area (Å²) in [7, 11) is -8.96. The van der Waals surface area contributed by atoms with Crippen LogP contribution in [-0.4, -0.2) is 29.6 Å². The standard InChI is InChI=1S/C27H20F6N2O6S2/c1-17-4-2-3-5-23(17)18-6-15-24(34-42(36,37)21-11-7-19(8-12-21)40-26(28,29)30)25(16-18)35-43(38,39)22-13-9-20(10-14-22)41-27(31,32)33/h2-16,34-35H,1H3. The second kappa shape index (κ2) is 11.7. The molecule has 0 aliphatic carbocycles. The fourth-order valence-electron chi connectivity index (χ4n) is 3.83. The first-order chi connectivity index (χ1) is 19.9. The summed E-state index contributed by atoms with van der Waals surface area (Å²) in [5.74, 6) is -1.32. The van der Waals surface area contributed by atoms with Crippen LogP contribution in [-0.2, 0) is 20.0 Å². The van der Waals surface area contributed by atoms with Crippen LogP contribution < -0.4 is 18.9 Å². The number of hydrogen-bond donors (Lipinski definition) is 2. The number of nitrogens with one attached hydrogen (secondary N) is 2. The average molecular weight is 647 g/mol. The molecule has 43 heavy (non-hydrogen) atoms. The van der Waals surface area contributed by atoms with Crippen molar-refractivity contribution >= 4 is 31.4 Å². The lowest BCUT2D eigenvalue weighted by atomic mass is 10.00. The summed E-state index contributed by atoms with van der Waals surface area (Å²) in [6.07, 6.45) is -9.98. The van der Waals surface area contributed by atoms with E-state index in [9.17, 15) is 43.2 Å². The highest BCUT2D eigenvalue weighted by Crippen LogP contribution is 2.34. The number of sulfonamides is 2. The van der Waals surface area contributed by atoms with Crippen LogP contribution >= 0.6 is 0 Å². The highest BCUT2D eigenvalue weighted by molar-refractivity contribution is 7.93. The number of benzene rings is 4. The average Bonchev–Trinajstić information content (AvgIpc) is 2.88. The topological polar surface area (TPSA) is 111 Å². The van der Waals surface area contributed by atoms with Gasteiger partial charge in [0.2, 0.25) is 0 Å². The zero-order valence-corrected chi connectivity index (χ0v) is 23.3. The van der Waals surface area contributed by atoms with Crippen molar-refractivity contribution < 1.29 is 52.7 Å². The van der Waals surface area contributed by atoms with E-state index in [1.54, 1.807) is 31.2 Å². The summed E-state index contributed by atoms with van der Waals surface area (Å²) in [6, 6.07) is 17.8. The number of anilines is 2. The predicted molar refractivity (Wildman–Crippen MR) is 144 cm³/mol. The van der Waals surface area contributed by atoms with E-state index in [1.165, 1.54) is 18.2 Å². The molecule has 0 spiro atoms. The fourth-order valence-corrected chi connectivity index (χ4v) is 5.98. The molecule has 4 rings (SSSR count). The summed E-state index contributed by atoms with van der Waals surface area (Å²) >= 11 is 0. The monoisotopic (exact) mass is 646 g/mol. The lowest BCUT2D eigenvalue weighted by Gasteiger charge is -2.17. The molecule has 0 atom stereocenters. The van der Waals surface area contributed by atoms with Gasteiger partial charge in [0.15, 0.2) is 0 Å². The summed E-state index contributed by atoms with van der Waals surface area (Å²) in [6.45, 7) is 1.80. The Bertz CT molecular complexity index is 1830. The smallest absolute Gasteiger partial charge is 0.406 e. The maximum Gasteiger partial charge on any atom is 0.573 e. The molecule has 4 aromatic rings.